The van der Waals surface area contributed by atoms with Gasteiger partial charge in [0.1, 0.15) is 5.82 Å². The van der Waals surface area contributed by atoms with Gasteiger partial charge in [0, 0.05) is 5.56 Å². The topological polar surface area (TPSA) is 66.4 Å². The lowest BCUT2D eigenvalue weighted by atomic mass is 10.1. The number of halogens is 1. The summed E-state index contributed by atoms with van der Waals surface area (Å²) in [4.78, 5) is 23.2. The maximum Gasteiger partial charge on any atom is 0.337 e. The Bertz CT molecular complexity index is 725. The number of nitrogens with one attached hydrogen (secondary N) is 1. The molecule has 2 N–H and O–H groups in total. The summed E-state index contributed by atoms with van der Waals surface area (Å²) < 4.78 is 13.8. The molecule has 0 saturated heterocycles. The summed E-state index contributed by atoms with van der Waals surface area (Å²) in [7, 11) is 0. The third-order valence-corrected chi connectivity index (χ3v) is 3.25. The van der Waals surface area contributed by atoms with Crippen molar-refractivity contribution in [2.24, 2.45) is 0 Å². The molecule has 4 nitrogen and oxygen atoms in total. The number of carbonyl (C=O) groups is 2. The standard InChI is InChI=1S/C16H14FNO3/c1-9-6-7-11(8-10(9)2)15(19)18-14-12(16(20)21)4-3-5-13(14)17/h3-8H,1-2H3,(H,18,19)(H,20,21). The molecule has 0 aromatic heterocycles. The lowest BCUT2D eigenvalue weighted by molar-refractivity contribution is 0.0697. The number of carbonyl (C=O) groups excluding carboxylic acids is 1. The summed E-state index contributed by atoms with van der Waals surface area (Å²) in [5, 5.41) is 11.4. The lowest BCUT2D eigenvalue weighted by Crippen LogP contribution is -2.16. The molecule has 2 rings (SSSR count). The van der Waals surface area contributed by atoms with Crippen molar-refractivity contribution >= 4 is 17.6 Å². The first kappa shape index (κ1) is 14.7. The molecular formula is C16H14FNO3. The van der Waals surface area contributed by atoms with Gasteiger partial charge in [-0.15, -0.1) is 0 Å². The van der Waals surface area contributed by atoms with Gasteiger partial charge in [0.15, 0.2) is 0 Å². The largest absolute Gasteiger partial charge is 0.478 e. The maximum absolute atomic E-state index is 13.8. The average molecular weight is 287 g/mol. The number of amides is 1. The fourth-order valence-electron chi connectivity index (χ4n) is 1.90. The number of hydrogen-bond donors (Lipinski definition) is 2. The number of benzene rings is 2. The molecule has 2 aromatic rings. The monoisotopic (exact) mass is 287 g/mol. The fourth-order valence-corrected chi connectivity index (χ4v) is 1.90. The Morgan fingerprint density at radius 2 is 1.81 bits per heavy atom. The van der Waals surface area contributed by atoms with Crippen LogP contribution in [0, 0.1) is 19.7 Å². The van der Waals surface area contributed by atoms with E-state index in [1.54, 1.807) is 18.2 Å². The zero-order valence-corrected chi connectivity index (χ0v) is 11.6. The normalized spacial score (nSPS) is 10.2. The third kappa shape index (κ3) is 3.08. The predicted molar refractivity (Wildman–Crippen MR) is 77.2 cm³/mol. The summed E-state index contributed by atoms with van der Waals surface area (Å²) in [5.41, 5.74) is 1.69. The smallest absolute Gasteiger partial charge is 0.337 e. The molecule has 0 radical (unpaired) electrons. The van der Waals surface area contributed by atoms with Crippen LogP contribution in [0.5, 0.6) is 0 Å². The molecule has 1 amide bonds. The number of aromatic carboxylic acids is 1. The highest BCUT2D eigenvalue weighted by atomic mass is 19.1. The Balaban J connectivity index is 2.36. The van der Waals surface area contributed by atoms with E-state index in [0.717, 1.165) is 17.2 Å². The predicted octanol–water partition coefficient (Wildman–Crippen LogP) is 3.39. The Morgan fingerprint density at radius 3 is 2.43 bits per heavy atom. The van der Waals surface area contributed by atoms with Crippen LogP contribution in [0.2, 0.25) is 0 Å². The van der Waals surface area contributed by atoms with Crippen LogP contribution in [-0.2, 0) is 0 Å². The van der Waals surface area contributed by atoms with Crippen molar-refractivity contribution in [3.63, 3.8) is 0 Å². The van der Waals surface area contributed by atoms with Crippen LogP contribution in [0.3, 0.4) is 0 Å². The number of hydrogen-bond acceptors (Lipinski definition) is 2. The molecule has 0 aliphatic rings. The second kappa shape index (κ2) is 5.75. The van der Waals surface area contributed by atoms with Crippen LogP contribution in [0.25, 0.3) is 0 Å². The van der Waals surface area contributed by atoms with Gasteiger partial charge < -0.3 is 10.4 Å². The highest BCUT2D eigenvalue weighted by Crippen LogP contribution is 2.21. The number of carboxylic acid groups (broad SMARTS) is 1. The lowest BCUT2D eigenvalue weighted by Gasteiger charge is -2.10. The van der Waals surface area contributed by atoms with Crippen LogP contribution in [0.1, 0.15) is 31.8 Å². The zero-order valence-electron chi connectivity index (χ0n) is 11.6. The minimum absolute atomic E-state index is 0.285. The molecule has 0 spiro atoms. The van der Waals surface area contributed by atoms with Gasteiger partial charge in [0.05, 0.1) is 11.3 Å². The molecule has 0 fully saturated rings. The third-order valence-electron chi connectivity index (χ3n) is 3.25. The molecule has 0 aliphatic carbocycles. The first-order valence-corrected chi connectivity index (χ1v) is 6.30. The van der Waals surface area contributed by atoms with E-state index < -0.39 is 17.7 Å². The summed E-state index contributed by atoms with van der Waals surface area (Å²) in [6.07, 6.45) is 0. The van der Waals surface area contributed by atoms with Gasteiger partial charge in [-0.3, -0.25) is 4.79 Å². The molecule has 0 heterocycles. The molecule has 0 atom stereocenters. The van der Waals surface area contributed by atoms with Gasteiger partial charge in [-0.05, 0) is 49.2 Å². The van der Waals surface area contributed by atoms with E-state index in [9.17, 15) is 14.0 Å². The second-order valence-corrected chi connectivity index (χ2v) is 4.72. The van der Waals surface area contributed by atoms with Gasteiger partial charge in [0.2, 0.25) is 0 Å². The van der Waals surface area contributed by atoms with Gasteiger partial charge >= 0.3 is 5.97 Å². The van der Waals surface area contributed by atoms with E-state index in [2.05, 4.69) is 5.32 Å². The van der Waals surface area contributed by atoms with Gasteiger partial charge in [-0.1, -0.05) is 12.1 Å². The minimum atomic E-state index is -1.30. The number of carboxylic acids is 1. The molecule has 0 unspecified atom stereocenters. The zero-order chi connectivity index (χ0) is 15.6. The molecule has 2 aromatic carbocycles. The van der Waals surface area contributed by atoms with Crippen molar-refractivity contribution < 1.29 is 19.1 Å². The highest BCUT2D eigenvalue weighted by molar-refractivity contribution is 6.07. The fraction of sp³-hybridized carbons (Fsp3) is 0.125. The van der Waals surface area contributed by atoms with Gasteiger partial charge in [0.25, 0.3) is 5.91 Å². The van der Waals surface area contributed by atoms with Gasteiger partial charge in [-0.25, -0.2) is 9.18 Å². The Hall–Kier alpha value is -2.69. The summed E-state index contributed by atoms with van der Waals surface area (Å²) in [6, 6.07) is 8.68. The van der Waals surface area contributed by atoms with Crippen molar-refractivity contribution in [1.29, 1.82) is 0 Å². The van der Waals surface area contributed by atoms with E-state index in [1.807, 2.05) is 13.8 Å². The maximum atomic E-state index is 13.8. The van der Waals surface area contributed by atoms with Crippen molar-refractivity contribution in [2.45, 2.75) is 13.8 Å². The molecule has 0 aliphatic heterocycles. The Kier molecular flexibility index (Phi) is 4.03. The van der Waals surface area contributed by atoms with Crippen molar-refractivity contribution in [1.82, 2.24) is 0 Å². The summed E-state index contributed by atoms with van der Waals surface area (Å²) >= 11 is 0. The summed E-state index contributed by atoms with van der Waals surface area (Å²) in [5.74, 6) is -2.64. The number of rotatable bonds is 3. The van der Waals surface area contributed by atoms with Crippen molar-refractivity contribution in [3.8, 4) is 0 Å². The summed E-state index contributed by atoms with van der Waals surface area (Å²) in [6.45, 7) is 3.77. The molecule has 21 heavy (non-hydrogen) atoms. The minimum Gasteiger partial charge on any atom is -0.478 e. The highest BCUT2D eigenvalue weighted by Gasteiger charge is 2.17. The van der Waals surface area contributed by atoms with E-state index in [1.165, 1.54) is 12.1 Å². The average Bonchev–Trinajstić information content (AvgIpc) is 2.43. The van der Waals surface area contributed by atoms with Crippen LogP contribution < -0.4 is 5.32 Å². The SMILES string of the molecule is Cc1ccc(C(=O)Nc2c(F)cccc2C(=O)O)cc1C. The van der Waals surface area contributed by atoms with E-state index >= 15 is 0 Å². The quantitative estimate of drug-likeness (QED) is 0.909. The molecular weight excluding hydrogens is 273 g/mol. The van der Waals surface area contributed by atoms with Gasteiger partial charge in [-0.2, -0.15) is 0 Å². The van der Waals surface area contributed by atoms with Crippen LogP contribution in [0.15, 0.2) is 36.4 Å². The van der Waals surface area contributed by atoms with Crippen molar-refractivity contribution in [2.75, 3.05) is 5.32 Å². The van der Waals surface area contributed by atoms with Crippen LogP contribution in [0.4, 0.5) is 10.1 Å². The first-order valence-electron chi connectivity index (χ1n) is 6.30. The second-order valence-electron chi connectivity index (χ2n) is 4.72. The van der Waals surface area contributed by atoms with E-state index in [0.29, 0.717) is 5.56 Å². The Morgan fingerprint density at radius 1 is 1.10 bits per heavy atom. The van der Waals surface area contributed by atoms with Crippen LogP contribution in [-0.4, -0.2) is 17.0 Å². The van der Waals surface area contributed by atoms with E-state index in [4.69, 9.17) is 5.11 Å². The van der Waals surface area contributed by atoms with E-state index in [-0.39, 0.29) is 11.3 Å². The first-order chi connectivity index (χ1) is 9.90. The van der Waals surface area contributed by atoms with Crippen LogP contribution >= 0.6 is 0 Å². The molecule has 5 heteroatoms. The number of anilines is 1. The Labute approximate surface area is 121 Å². The molecule has 108 valence electrons. The molecule has 0 bridgehead atoms. The number of aryl methyl sites for hydroxylation is 2. The number of para-hydroxylation sites is 1. The molecule has 0 saturated carbocycles. The van der Waals surface area contributed by atoms with Crippen molar-refractivity contribution in [3.05, 3.63) is 64.5 Å².